The van der Waals surface area contributed by atoms with Gasteiger partial charge in [-0.05, 0) is 85.9 Å². The SMILES string of the molecule is C[C@]12CC[C@H](O)CC1CC[C@@H]1[C@@H]2CC[C@]2(C)C3OCCOC3C[C@@H]12. The molecule has 4 aliphatic carbocycles. The van der Waals surface area contributed by atoms with Crippen LogP contribution in [0, 0.1) is 34.5 Å². The van der Waals surface area contributed by atoms with E-state index in [4.69, 9.17) is 9.47 Å². The van der Waals surface area contributed by atoms with Crippen molar-refractivity contribution in [2.75, 3.05) is 13.2 Å². The highest BCUT2D eigenvalue weighted by molar-refractivity contribution is 5.12. The predicted octanol–water partition coefficient (Wildman–Crippen LogP) is 3.78. The highest BCUT2D eigenvalue weighted by Gasteiger charge is 2.63. The zero-order chi connectivity index (χ0) is 16.5. The summed E-state index contributed by atoms with van der Waals surface area (Å²) in [5, 5.41) is 10.2. The first-order valence-corrected chi connectivity index (χ1v) is 10.4. The van der Waals surface area contributed by atoms with Crippen LogP contribution in [-0.2, 0) is 9.47 Å². The summed E-state index contributed by atoms with van der Waals surface area (Å²) in [6, 6.07) is 0. The van der Waals surface area contributed by atoms with Crippen molar-refractivity contribution in [2.24, 2.45) is 34.5 Å². The normalized spacial score (nSPS) is 59.9. The summed E-state index contributed by atoms with van der Waals surface area (Å²) in [5.74, 6) is 3.26. The molecule has 3 heteroatoms. The number of aliphatic hydroxyl groups excluding tert-OH is 1. The highest BCUT2D eigenvalue weighted by atomic mass is 16.6. The van der Waals surface area contributed by atoms with E-state index < -0.39 is 0 Å². The van der Waals surface area contributed by atoms with Crippen LogP contribution in [-0.4, -0.2) is 36.6 Å². The van der Waals surface area contributed by atoms with Gasteiger partial charge in [0.2, 0.25) is 0 Å². The average Bonchev–Trinajstić information content (AvgIpc) is 2.89. The van der Waals surface area contributed by atoms with Crippen LogP contribution in [0.5, 0.6) is 0 Å². The topological polar surface area (TPSA) is 38.7 Å². The minimum atomic E-state index is -0.0374. The molecule has 4 saturated carbocycles. The first kappa shape index (κ1) is 16.1. The lowest BCUT2D eigenvalue weighted by Crippen LogP contribution is -2.55. The van der Waals surface area contributed by atoms with Crippen LogP contribution < -0.4 is 0 Å². The van der Waals surface area contributed by atoms with Gasteiger partial charge in [0.1, 0.15) is 0 Å². The van der Waals surface area contributed by atoms with E-state index in [0.717, 1.165) is 49.7 Å². The van der Waals surface area contributed by atoms with E-state index in [0.29, 0.717) is 23.0 Å². The van der Waals surface area contributed by atoms with Gasteiger partial charge in [-0.1, -0.05) is 13.8 Å². The van der Waals surface area contributed by atoms with Gasteiger partial charge in [-0.15, -0.1) is 0 Å². The van der Waals surface area contributed by atoms with Crippen LogP contribution in [0.2, 0.25) is 0 Å². The van der Waals surface area contributed by atoms with Gasteiger partial charge in [-0.3, -0.25) is 0 Å². The molecular formula is C21H34O3. The van der Waals surface area contributed by atoms with Crippen molar-refractivity contribution >= 4 is 0 Å². The minimum absolute atomic E-state index is 0.0374. The minimum Gasteiger partial charge on any atom is -0.393 e. The molecule has 0 aromatic carbocycles. The molecule has 1 heterocycles. The first-order valence-electron chi connectivity index (χ1n) is 10.4. The molecule has 5 rings (SSSR count). The Bertz CT molecular complexity index is 507. The largest absolute Gasteiger partial charge is 0.393 e. The smallest absolute Gasteiger partial charge is 0.0894 e. The maximum absolute atomic E-state index is 10.2. The van der Waals surface area contributed by atoms with Crippen molar-refractivity contribution in [1.29, 1.82) is 0 Å². The summed E-state index contributed by atoms with van der Waals surface area (Å²) in [6.45, 7) is 6.65. The van der Waals surface area contributed by atoms with Gasteiger partial charge in [-0.2, -0.15) is 0 Å². The second-order valence-corrected chi connectivity index (χ2v) is 10.1. The molecule has 136 valence electrons. The summed E-state index contributed by atoms with van der Waals surface area (Å²) in [7, 11) is 0. The molecule has 5 fully saturated rings. The van der Waals surface area contributed by atoms with Gasteiger partial charge in [-0.25, -0.2) is 0 Å². The molecule has 3 nitrogen and oxygen atoms in total. The maximum atomic E-state index is 10.2. The van der Waals surface area contributed by atoms with Crippen LogP contribution in [0.15, 0.2) is 0 Å². The third-order valence-electron chi connectivity index (χ3n) is 9.26. The summed E-state index contributed by atoms with van der Waals surface area (Å²) in [4.78, 5) is 0. The van der Waals surface area contributed by atoms with Crippen molar-refractivity contribution in [1.82, 2.24) is 0 Å². The van der Waals surface area contributed by atoms with Crippen LogP contribution in [0.1, 0.15) is 65.2 Å². The van der Waals surface area contributed by atoms with E-state index in [9.17, 15) is 5.11 Å². The average molecular weight is 335 g/mol. The van der Waals surface area contributed by atoms with Gasteiger partial charge in [0.15, 0.2) is 0 Å². The Morgan fingerprint density at radius 1 is 0.833 bits per heavy atom. The number of fused-ring (bicyclic) bond motifs is 7. The molecule has 0 aromatic heterocycles. The van der Waals surface area contributed by atoms with Crippen molar-refractivity contribution in [3.8, 4) is 0 Å². The van der Waals surface area contributed by atoms with Crippen LogP contribution in [0.25, 0.3) is 0 Å². The predicted molar refractivity (Wildman–Crippen MR) is 92.6 cm³/mol. The van der Waals surface area contributed by atoms with E-state index in [1.165, 1.54) is 38.5 Å². The van der Waals surface area contributed by atoms with E-state index in [2.05, 4.69) is 13.8 Å². The zero-order valence-electron chi connectivity index (χ0n) is 15.4. The quantitative estimate of drug-likeness (QED) is 0.732. The van der Waals surface area contributed by atoms with Gasteiger partial charge in [0.25, 0.3) is 0 Å². The molecule has 0 radical (unpaired) electrons. The highest BCUT2D eigenvalue weighted by Crippen LogP contribution is 2.67. The van der Waals surface area contributed by atoms with Crippen LogP contribution in [0.4, 0.5) is 0 Å². The van der Waals surface area contributed by atoms with Crippen molar-refractivity contribution in [3.63, 3.8) is 0 Å². The number of ether oxygens (including phenoxy) is 2. The molecule has 9 atom stereocenters. The van der Waals surface area contributed by atoms with Crippen molar-refractivity contribution < 1.29 is 14.6 Å². The van der Waals surface area contributed by atoms with Crippen LogP contribution >= 0.6 is 0 Å². The first-order chi connectivity index (χ1) is 11.5. The fourth-order valence-electron chi connectivity index (χ4n) is 8.01. The molecule has 1 N–H and O–H groups in total. The van der Waals surface area contributed by atoms with Gasteiger partial charge in [0.05, 0.1) is 31.5 Å². The van der Waals surface area contributed by atoms with E-state index >= 15 is 0 Å². The Hall–Kier alpha value is -0.120. The molecule has 24 heavy (non-hydrogen) atoms. The third kappa shape index (κ3) is 2.07. The monoisotopic (exact) mass is 334 g/mol. The standard InChI is InChI=1S/C21H34O3/c1-20-7-5-14(22)11-13(20)3-4-15-16(20)6-8-21(2)17(15)12-18-19(21)24-10-9-23-18/h13-19,22H,3-12H2,1-2H3/t13?,14-,15+,16-,17-,18?,19?,20-,21-/m0/s1. The Labute approximate surface area is 146 Å². The third-order valence-corrected chi connectivity index (χ3v) is 9.26. The van der Waals surface area contributed by atoms with Gasteiger partial charge < -0.3 is 14.6 Å². The number of hydrogen-bond acceptors (Lipinski definition) is 3. The lowest BCUT2D eigenvalue weighted by molar-refractivity contribution is -0.175. The molecule has 1 aliphatic heterocycles. The Balaban J connectivity index is 1.44. The number of hydrogen-bond donors (Lipinski definition) is 1. The lowest BCUT2D eigenvalue weighted by Gasteiger charge is -2.60. The second-order valence-electron chi connectivity index (χ2n) is 10.1. The summed E-state index contributed by atoms with van der Waals surface area (Å²) < 4.78 is 12.4. The zero-order valence-corrected chi connectivity index (χ0v) is 15.4. The molecule has 0 aromatic rings. The summed E-state index contributed by atoms with van der Waals surface area (Å²) in [5.41, 5.74) is 0.808. The van der Waals surface area contributed by atoms with E-state index in [1.54, 1.807) is 0 Å². The Kier molecular flexibility index (Phi) is 3.64. The summed E-state index contributed by atoms with van der Waals surface area (Å²) >= 11 is 0. The molecule has 0 spiro atoms. The van der Waals surface area contributed by atoms with Crippen molar-refractivity contribution in [2.45, 2.75) is 83.5 Å². The fraction of sp³-hybridized carbons (Fsp3) is 1.00. The molecular weight excluding hydrogens is 300 g/mol. The van der Waals surface area contributed by atoms with Gasteiger partial charge in [0, 0.05) is 0 Å². The van der Waals surface area contributed by atoms with Crippen molar-refractivity contribution in [3.05, 3.63) is 0 Å². The lowest BCUT2D eigenvalue weighted by atomic mass is 9.45. The van der Waals surface area contributed by atoms with E-state index in [-0.39, 0.29) is 6.10 Å². The fourth-order valence-corrected chi connectivity index (χ4v) is 8.01. The Morgan fingerprint density at radius 2 is 1.62 bits per heavy atom. The summed E-state index contributed by atoms with van der Waals surface area (Å²) in [6.07, 6.45) is 10.6. The van der Waals surface area contributed by atoms with Gasteiger partial charge >= 0.3 is 0 Å². The molecule has 3 unspecified atom stereocenters. The maximum Gasteiger partial charge on any atom is 0.0894 e. The number of rotatable bonds is 0. The molecule has 0 amide bonds. The second kappa shape index (κ2) is 5.44. The van der Waals surface area contributed by atoms with E-state index in [1.807, 2.05) is 0 Å². The molecule has 0 bridgehead atoms. The van der Waals surface area contributed by atoms with Crippen LogP contribution in [0.3, 0.4) is 0 Å². The molecule has 1 saturated heterocycles. The molecule has 5 aliphatic rings. The Morgan fingerprint density at radius 3 is 2.50 bits per heavy atom. The number of aliphatic hydroxyl groups is 1.